The predicted octanol–water partition coefficient (Wildman–Crippen LogP) is 5.64. The first-order valence-corrected chi connectivity index (χ1v) is 8.52. The molecule has 1 aromatic rings. The van der Waals surface area contributed by atoms with Crippen LogP contribution in [-0.4, -0.2) is 12.4 Å². The second-order valence-corrected chi connectivity index (χ2v) is 7.10. The lowest BCUT2D eigenvalue weighted by molar-refractivity contribution is -0.109. The molecule has 130 valence electrons. The molecular weight excluding hydrogens is 296 g/mol. The van der Waals surface area contributed by atoms with Gasteiger partial charge in [-0.15, -0.1) is 5.73 Å². The van der Waals surface area contributed by atoms with Crippen molar-refractivity contribution in [2.24, 2.45) is 5.41 Å². The van der Waals surface area contributed by atoms with Crippen LogP contribution in [0, 0.1) is 5.41 Å². The highest BCUT2D eigenvalue weighted by Crippen LogP contribution is 2.21. The van der Waals surface area contributed by atoms with Crippen LogP contribution in [0.2, 0.25) is 0 Å². The third kappa shape index (κ3) is 8.10. The fraction of sp³-hybridized carbons (Fsp3) is 0.455. The summed E-state index contributed by atoms with van der Waals surface area (Å²) in [4.78, 5) is 10.7. The minimum atomic E-state index is -0.138. The molecule has 2 nitrogen and oxygen atoms in total. The number of hydrogen-bond acceptors (Lipinski definition) is 2. The van der Waals surface area contributed by atoms with Gasteiger partial charge in [0.25, 0.3) is 0 Å². The van der Waals surface area contributed by atoms with Crippen molar-refractivity contribution in [2.75, 3.05) is 0 Å². The van der Waals surface area contributed by atoms with Crippen LogP contribution in [0.25, 0.3) is 0 Å². The summed E-state index contributed by atoms with van der Waals surface area (Å²) in [5.41, 5.74) is 6.57. The topological polar surface area (TPSA) is 26.3 Å². The zero-order valence-corrected chi connectivity index (χ0v) is 15.5. The molecule has 0 amide bonds. The fourth-order valence-corrected chi connectivity index (χ4v) is 2.26. The van der Waals surface area contributed by atoms with Crippen molar-refractivity contribution < 1.29 is 9.53 Å². The van der Waals surface area contributed by atoms with Crippen molar-refractivity contribution in [1.82, 2.24) is 0 Å². The third-order valence-corrected chi connectivity index (χ3v) is 3.94. The van der Waals surface area contributed by atoms with Crippen molar-refractivity contribution in [2.45, 2.75) is 59.7 Å². The van der Waals surface area contributed by atoms with Crippen molar-refractivity contribution >= 4 is 6.29 Å². The molecule has 0 aliphatic rings. The first-order valence-electron chi connectivity index (χ1n) is 8.52. The van der Waals surface area contributed by atoms with Crippen molar-refractivity contribution in [3.8, 4) is 0 Å². The van der Waals surface area contributed by atoms with E-state index >= 15 is 0 Å². The Morgan fingerprint density at radius 1 is 1.29 bits per heavy atom. The maximum atomic E-state index is 10.7. The number of carbonyl (C=O) groups excluding carboxylic acids is 1. The molecule has 0 spiro atoms. The second kappa shape index (κ2) is 10.1. The molecule has 0 aliphatic carbocycles. The average molecular weight is 326 g/mol. The molecule has 2 heteroatoms. The van der Waals surface area contributed by atoms with E-state index in [1.807, 2.05) is 45.0 Å². The van der Waals surface area contributed by atoms with Gasteiger partial charge >= 0.3 is 0 Å². The number of rotatable bonds is 10. The summed E-state index contributed by atoms with van der Waals surface area (Å²) in [7, 11) is 0. The number of aldehydes is 1. The number of carbonyl (C=O) groups is 1. The van der Waals surface area contributed by atoms with E-state index in [-0.39, 0.29) is 11.5 Å². The molecule has 0 N–H and O–H groups in total. The van der Waals surface area contributed by atoms with E-state index in [4.69, 9.17) is 4.74 Å². The van der Waals surface area contributed by atoms with Crippen molar-refractivity contribution in [1.29, 1.82) is 0 Å². The quantitative estimate of drug-likeness (QED) is 0.316. The second-order valence-electron chi connectivity index (χ2n) is 7.10. The van der Waals surface area contributed by atoms with Crippen LogP contribution in [0.3, 0.4) is 0 Å². The van der Waals surface area contributed by atoms with Gasteiger partial charge in [0.2, 0.25) is 0 Å². The number of hydrogen-bond donors (Lipinski definition) is 0. The average Bonchev–Trinajstić information content (AvgIpc) is 2.53. The van der Waals surface area contributed by atoms with Gasteiger partial charge in [0.15, 0.2) is 0 Å². The van der Waals surface area contributed by atoms with E-state index in [0.29, 0.717) is 13.0 Å². The van der Waals surface area contributed by atoms with E-state index in [0.717, 1.165) is 24.7 Å². The van der Waals surface area contributed by atoms with Crippen LogP contribution in [0.1, 0.15) is 52.5 Å². The summed E-state index contributed by atoms with van der Waals surface area (Å²) >= 11 is 0. The van der Waals surface area contributed by atoms with Gasteiger partial charge in [-0.1, -0.05) is 56.3 Å². The lowest BCUT2D eigenvalue weighted by Gasteiger charge is -2.18. The van der Waals surface area contributed by atoms with Crippen LogP contribution in [0.5, 0.6) is 0 Å². The summed E-state index contributed by atoms with van der Waals surface area (Å²) in [5, 5.41) is 0. The predicted molar refractivity (Wildman–Crippen MR) is 101 cm³/mol. The van der Waals surface area contributed by atoms with Gasteiger partial charge in [-0.2, -0.15) is 0 Å². The Bertz CT molecular complexity index is 590. The lowest BCUT2D eigenvalue weighted by atomic mass is 9.90. The Labute approximate surface area is 146 Å². The summed E-state index contributed by atoms with van der Waals surface area (Å²) in [6.45, 7) is 12.8. The first-order chi connectivity index (χ1) is 11.3. The molecule has 0 radical (unpaired) electrons. The van der Waals surface area contributed by atoms with E-state index in [1.165, 1.54) is 11.1 Å². The highest BCUT2D eigenvalue weighted by Gasteiger charge is 2.13. The van der Waals surface area contributed by atoms with Crippen LogP contribution >= 0.6 is 0 Å². The smallest absolute Gasteiger partial charge is 0.120 e. The number of ether oxygens (including phenoxy) is 1. The summed E-state index contributed by atoms with van der Waals surface area (Å²) in [6, 6.07) is 10.2. The van der Waals surface area contributed by atoms with Gasteiger partial charge in [0.1, 0.15) is 6.29 Å². The molecule has 0 heterocycles. The maximum absolute atomic E-state index is 10.7. The van der Waals surface area contributed by atoms with Gasteiger partial charge in [-0.25, -0.2) is 0 Å². The molecule has 0 fully saturated rings. The van der Waals surface area contributed by atoms with E-state index < -0.39 is 0 Å². The molecule has 1 aromatic carbocycles. The molecule has 0 saturated heterocycles. The van der Waals surface area contributed by atoms with Gasteiger partial charge in [-0.05, 0) is 49.3 Å². The first kappa shape index (κ1) is 20.2. The maximum Gasteiger partial charge on any atom is 0.120 e. The molecule has 0 aliphatic heterocycles. The largest absolute Gasteiger partial charge is 0.369 e. The highest BCUT2D eigenvalue weighted by atomic mass is 16.5. The van der Waals surface area contributed by atoms with Crippen LogP contribution < -0.4 is 0 Å². The SMILES string of the molecule is C=C(C)C(CCC(C)=C=CC(C)(C)CC=O)OCc1ccccc1. The molecule has 0 bridgehead atoms. The van der Waals surface area contributed by atoms with E-state index in [1.54, 1.807) is 0 Å². The molecule has 0 saturated carbocycles. The lowest BCUT2D eigenvalue weighted by Crippen LogP contribution is -2.14. The van der Waals surface area contributed by atoms with Crippen molar-refractivity contribution in [3.63, 3.8) is 0 Å². The number of allylic oxidation sites excluding steroid dienone is 1. The zero-order valence-electron chi connectivity index (χ0n) is 15.5. The molecule has 1 atom stereocenters. The standard InChI is InChI=1S/C22H30O2/c1-18(2)21(24-17-20-9-7-6-8-10-20)12-11-19(3)13-14-22(4,5)15-16-23/h6-10,14,16,21H,1,11-12,15,17H2,2-5H3. The zero-order chi connectivity index (χ0) is 18.0. The minimum Gasteiger partial charge on any atom is -0.369 e. The summed E-state index contributed by atoms with van der Waals surface area (Å²) < 4.78 is 6.03. The molecule has 1 unspecified atom stereocenters. The van der Waals surface area contributed by atoms with E-state index in [9.17, 15) is 4.79 Å². The Kier molecular flexibility index (Phi) is 8.46. The fourth-order valence-electron chi connectivity index (χ4n) is 2.26. The van der Waals surface area contributed by atoms with Crippen LogP contribution in [0.4, 0.5) is 0 Å². The summed E-state index contributed by atoms with van der Waals surface area (Å²) in [5.74, 6) is 0. The molecule has 24 heavy (non-hydrogen) atoms. The van der Waals surface area contributed by atoms with Gasteiger partial charge in [-0.3, -0.25) is 0 Å². The molecular formula is C22H30O2. The minimum absolute atomic E-state index is 0.0462. The van der Waals surface area contributed by atoms with Gasteiger partial charge < -0.3 is 9.53 Å². The Hall–Kier alpha value is -1.89. The Morgan fingerprint density at radius 3 is 2.54 bits per heavy atom. The molecule has 1 rings (SSSR count). The summed E-state index contributed by atoms with van der Waals surface area (Å²) in [6.07, 6.45) is 5.31. The van der Waals surface area contributed by atoms with Gasteiger partial charge in [0.05, 0.1) is 12.7 Å². The van der Waals surface area contributed by atoms with Gasteiger partial charge in [0, 0.05) is 6.42 Å². The monoisotopic (exact) mass is 326 g/mol. The van der Waals surface area contributed by atoms with Crippen LogP contribution in [-0.2, 0) is 16.1 Å². The molecule has 0 aromatic heterocycles. The van der Waals surface area contributed by atoms with Crippen LogP contribution in [0.15, 0.2) is 59.9 Å². The third-order valence-electron chi connectivity index (χ3n) is 3.94. The highest BCUT2D eigenvalue weighted by molar-refractivity contribution is 5.51. The van der Waals surface area contributed by atoms with Crippen molar-refractivity contribution in [3.05, 3.63) is 65.4 Å². The normalized spacial score (nSPS) is 12.2. The van der Waals surface area contributed by atoms with E-state index in [2.05, 4.69) is 31.4 Å². The number of benzene rings is 1. The Morgan fingerprint density at radius 2 is 1.96 bits per heavy atom. The Balaban J connectivity index is 2.58.